The van der Waals surface area contributed by atoms with Gasteiger partial charge in [0.2, 0.25) is 0 Å². The minimum Gasteiger partial charge on any atom is -0.298 e. The van der Waals surface area contributed by atoms with Crippen molar-refractivity contribution in [2.75, 3.05) is 0 Å². The Bertz CT molecular complexity index is 834. The summed E-state index contributed by atoms with van der Waals surface area (Å²) in [7, 11) is 0. The fourth-order valence-electron chi connectivity index (χ4n) is 3.81. The van der Waals surface area contributed by atoms with Gasteiger partial charge in [-0.15, -0.1) is 0 Å². The molecule has 132 valence electrons. The number of halogens is 2. The molecule has 1 aliphatic carbocycles. The van der Waals surface area contributed by atoms with E-state index in [9.17, 15) is 13.6 Å². The van der Waals surface area contributed by atoms with Crippen LogP contribution in [0.2, 0.25) is 0 Å². The molecule has 0 aromatic heterocycles. The summed E-state index contributed by atoms with van der Waals surface area (Å²) in [6.07, 6.45) is 3.26. The van der Waals surface area contributed by atoms with Gasteiger partial charge in [0, 0.05) is 18.1 Å². The zero-order valence-corrected chi connectivity index (χ0v) is 15.2. The van der Waals surface area contributed by atoms with Gasteiger partial charge in [0.1, 0.15) is 17.9 Å². The Balaban J connectivity index is 2.13. The van der Waals surface area contributed by atoms with Crippen molar-refractivity contribution in [1.82, 2.24) is 0 Å². The van der Waals surface area contributed by atoms with E-state index in [0.29, 0.717) is 11.1 Å². The number of hydrogen-bond donors (Lipinski definition) is 0. The predicted molar refractivity (Wildman–Crippen MR) is 96.3 cm³/mol. The van der Waals surface area contributed by atoms with Crippen LogP contribution in [0, 0.1) is 11.6 Å². The van der Waals surface area contributed by atoms with Gasteiger partial charge in [-0.1, -0.05) is 39.8 Å². The molecule has 0 atom stereocenters. The maximum atomic E-state index is 14.1. The van der Waals surface area contributed by atoms with E-state index in [2.05, 4.69) is 33.8 Å². The summed E-state index contributed by atoms with van der Waals surface area (Å²) in [5, 5.41) is 0. The maximum Gasteiger partial charge on any atom is 0.150 e. The average molecular weight is 342 g/mol. The van der Waals surface area contributed by atoms with Crippen molar-refractivity contribution in [3.8, 4) is 0 Å². The largest absolute Gasteiger partial charge is 0.298 e. The molecule has 0 bridgehead atoms. The molecule has 0 N–H and O–H groups in total. The third-order valence-electron chi connectivity index (χ3n) is 5.64. The number of carbonyl (C=O) groups excluding carboxylic acids is 1. The first kappa shape index (κ1) is 17.8. The van der Waals surface area contributed by atoms with E-state index in [1.54, 1.807) is 0 Å². The molecule has 0 aliphatic heterocycles. The highest BCUT2D eigenvalue weighted by Gasteiger charge is 2.37. The molecular weight excluding hydrogens is 318 g/mol. The van der Waals surface area contributed by atoms with Gasteiger partial charge in [0.15, 0.2) is 0 Å². The van der Waals surface area contributed by atoms with Gasteiger partial charge in [-0.3, -0.25) is 4.79 Å². The Labute approximate surface area is 148 Å². The zero-order valence-electron chi connectivity index (χ0n) is 15.2. The van der Waals surface area contributed by atoms with Crippen LogP contribution in [0.4, 0.5) is 8.78 Å². The average Bonchev–Trinajstić information content (AvgIpc) is 2.54. The van der Waals surface area contributed by atoms with E-state index in [4.69, 9.17) is 0 Å². The SMILES string of the molecule is CC1(C)CCC(C)(C)c2cc(Cc3ccc(F)cc3F)c(C=O)cc21. The molecule has 2 aromatic carbocycles. The van der Waals surface area contributed by atoms with Crippen molar-refractivity contribution in [3.05, 3.63) is 69.8 Å². The molecule has 25 heavy (non-hydrogen) atoms. The summed E-state index contributed by atoms with van der Waals surface area (Å²) in [5.41, 5.74) is 4.25. The second-order valence-corrected chi connectivity index (χ2v) is 8.39. The molecule has 0 heterocycles. The quantitative estimate of drug-likeness (QED) is 0.652. The van der Waals surface area contributed by atoms with Gasteiger partial charge in [-0.25, -0.2) is 8.78 Å². The van der Waals surface area contributed by atoms with E-state index in [1.807, 2.05) is 6.07 Å². The molecule has 0 radical (unpaired) electrons. The molecule has 2 aromatic rings. The normalized spacial score (nSPS) is 17.8. The summed E-state index contributed by atoms with van der Waals surface area (Å²) in [4.78, 5) is 11.7. The Morgan fingerprint density at radius 1 is 0.920 bits per heavy atom. The molecule has 0 amide bonds. The van der Waals surface area contributed by atoms with Gasteiger partial charge in [0.25, 0.3) is 0 Å². The number of hydrogen-bond acceptors (Lipinski definition) is 1. The van der Waals surface area contributed by atoms with Gasteiger partial charge in [0.05, 0.1) is 0 Å². The number of benzene rings is 2. The van der Waals surface area contributed by atoms with Crippen molar-refractivity contribution >= 4 is 6.29 Å². The van der Waals surface area contributed by atoms with Gasteiger partial charge in [-0.05, 0) is 58.1 Å². The van der Waals surface area contributed by atoms with E-state index >= 15 is 0 Å². The molecule has 0 saturated carbocycles. The van der Waals surface area contributed by atoms with Gasteiger partial charge < -0.3 is 0 Å². The smallest absolute Gasteiger partial charge is 0.150 e. The van der Waals surface area contributed by atoms with Crippen molar-refractivity contribution in [1.29, 1.82) is 0 Å². The Morgan fingerprint density at radius 2 is 1.52 bits per heavy atom. The van der Waals surface area contributed by atoms with Crippen LogP contribution in [0.5, 0.6) is 0 Å². The third kappa shape index (κ3) is 3.24. The molecule has 3 rings (SSSR count). The summed E-state index contributed by atoms with van der Waals surface area (Å²) in [6.45, 7) is 8.83. The number of rotatable bonds is 3. The number of carbonyl (C=O) groups is 1. The first-order valence-electron chi connectivity index (χ1n) is 8.71. The molecular formula is C22H24F2O. The van der Waals surface area contributed by atoms with E-state index in [1.165, 1.54) is 23.3 Å². The summed E-state index contributed by atoms with van der Waals surface area (Å²) in [6, 6.07) is 7.63. The number of aldehydes is 1. The first-order valence-corrected chi connectivity index (χ1v) is 8.71. The molecule has 0 unspecified atom stereocenters. The van der Waals surface area contributed by atoms with Crippen LogP contribution < -0.4 is 0 Å². The zero-order chi connectivity index (χ0) is 18.4. The second kappa shape index (κ2) is 6.05. The van der Waals surface area contributed by atoms with Crippen molar-refractivity contribution in [3.63, 3.8) is 0 Å². The molecule has 0 spiro atoms. The van der Waals surface area contributed by atoms with Gasteiger partial charge in [-0.2, -0.15) is 0 Å². The Kier molecular flexibility index (Phi) is 4.30. The molecule has 1 aliphatic rings. The number of fused-ring (bicyclic) bond motifs is 1. The van der Waals surface area contributed by atoms with Crippen molar-refractivity contribution < 1.29 is 13.6 Å². The fourth-order valence-corrected chi connectivity index (χ4v) is 3.81. The van der Waals surface area contributed by atoms with Crippen LogP contribution in [0.3, 0.4) is 0 Å². The second-order valence-electron chi connectivity index (χ2n) is 8.39. The lowest BCUT2D eigenvalue weighted by Gasteiger charge is -2.42. The highest BCUT2D eigenvalue weighted by molar-refractivity contribution is 5.79. The molecule has 0 saturated heterocycles. The summed E-state index contributed by atoms with van der Waals surface area (Å²) < 4.78 is 27.2. The monoisotopic (exact) mass is 342 g/mol. The summed E-state index contributed by atoms with van der Waals surface area (Å²) >= 11 is 0. The Morgan fingerprint density at radius 3 is 2.08 bits per heavy atom. The fraction of sp³-hybridized carbons (Fsp3) is 0.409. The van der Waals surface area contributed by atoms with Crippen LogP contribution in [-0.2, 0) is 17.3 Å². The van der Waals surface area contributed by atoms with Crippen LogP contribution in [0.25, 0.3) is 0 Å². The topological polar surface area (TPSA) is 17.1 Å². The minimum absolute atomic E-state index is 0.0161. The van der Waals surface area contributed by atoms with E-state index in [-0.39, 0.29) is 17.3 Å². The molecule has 1 nitrogen and oxygen atoms in total. The standard InChI is InChI=1S/C22H24F2O/c1-21(2)7-8-22(3,4)19-11-16(13-25)15(10-18(19)21)9-14-5-6-17(23)12-20(14)24/h5-6,10-13H,7-9H2,1-4H3. The highest BCUT2D eigenvalue weighted by Crippen LogP contribution is 2.46. The van der Waals surface area contributed by atoms with Crippen LogP contribution in [0.1, 0.15) is 73.1 Å². The lowest BCUT2D eigenvalue weighted by atomic mass is 9.62. The van der Waals surface area contributed by atoms with Gasteiger partial charge >= 0.3 is 0 Å². The molecule has 0 fully saturated rings. The lowest BCUT2D eigenvalue weighted by molar-refractivity contribution is 0.112. The lowest BCUT2D eigenvalue weighted by Crippen LogP contribution is -2.34. The highest BCUT2D eigenvalue weighted by atomic mass is 19.1. The maximum absolute atomic E-state index is 14.1. The molecule has 3 heteroatoms. The predicted octanol–water partition coefficient (Wildman–Crippen LogP) is 5.72. The third-order valence-corrected chi connectivity index (χ3v) is 5.64. The van der Waals surface area contributed by atoms with E-state index in [0.717, 1.165) is 30.8 Å². The first-order chi connectivity index (χ1) is 11.6. The van der Waals surface area contributed by atoms with Crippen LogP contribution >= 0.6 is 0 Å². The van der Waals surface area contributed by atoms with E-state index < -0.39 is 11.6 Å². The van der Waals surface area contributed by atoms with Crippen molar-refractivity contribution in [2.24, 2.45) is 0 Å². The summed E-state index contributed by atoms with van der Waals surface area (Å²) in [5.74, 6) is -1.17. The van der Waals surface area contributed by atoms with Crippen LogP contribution in [0.15, 0.2) is 30.3 Å². The Hall–Kier alpha value is -2.03. The minimum atomic E-state index is -0.592. The van der Waals surface area contributed by atoms with Crippen molar-refractivity contribution in [2.45, 2.75) is 57.8 Å². The van der Waals surface area contributed by atoms with Crippen LogP contribution in [-0.4, -0.2) is 6.29 Å².